The molecular weight excluding hydrogens is 448 g/mol. The van der Waals surface area contributed by atoms with Gasteiger partial charge in [-0.05, 0) is 39.6 Å². The van der Waals surface area contributed by atoms with E-state index >= 15 is 0 Å². The van der Waals surface area contributed by atoms with Gasteiger partial charge in [0.1, 0.15) is 0 Å². The van der Waals surface area contributed by atoms with Crippen molar-refractivity contribution in [2.24, 2.45) is 0 Å². The third-order valence-corrected chi connectivity index (χ3v) is 7.65. The molecular formula is C35H26N2. The summed E-state index contributed by atoms with van der Waals surface area (Å²) in [5, 5.41) is 2.49. The van der Waals surface area contributed by atoms with E-state index in [-0.39, 0.29) is 5.41 Å². The van der Waals surface area contributed by atoms with E-state index in [1.54, 1.807) is 0 Å². The lowest BCUT2D eigenvalue weighted by atomic mass is 9.80. The first kappa shape index (κ1) is 21.7. The molecule has 0 amide bonds. The average Bonchev–Trinajstić information content (AvgIpc) is 3.18. The molecule has 1 heterocycles. The Bertz CT molecular complexity index is 1770. The molecule has 0 saturated heterocycles. The Morgan fingerprint density at radius 1 is 0.486 bits per heavy atom. The van der Waals surface area contributed by atoms with Crippen molar-refractivity contribution < 1.29 is 0 Å². The van der Waals surface area contributed by atoms with E-state index < -0.39 is 0 Å². The van der Waals surface area contributed by atoms with E-state index in [0.717, 1.165) is 28.3 Å². The second-order valence-electron chi connectivity index (χ2n) is 10.3. The zero-order valence-electron chi connectivity index (χ0n) is 20.9. The highest BCUT2D eigenvalue weighted by Crippen LogP contribution is 2.52. The summed E-state index contributed by atoms with van der Waals surface area (Å²) in [6, 6.07) is 42.9. The number of nitrogens with zero attached hydrogens (tertiary/aromatic N) is 2. The molecule has 0 spiro atoms. The lowest BCUT2D eigenvalue weighted by Gasteiger charge is -2.24. The van der Waals surface area contributed by atoms with Gasteiger partial charge in [-0.25, -0.2) is 9.97 Å². The van der Waals surface area contributed by atoms with Crippen LogP contribution in [0.3, 0.4) is 0 Å². The Kier molecular flexibility index (Phi) is 4.84. The van der Waals surface area contributed by atoms with Crippen LogP contribution in [0.2, 0.25) is 0 Å². The molecule has 0 atom stereocenters. The first-order chi connectivity index (χ1) is 18.1. The molecule has 6 aromatic rings. The smallest absolute Gasteiger partial charge is 0.160 e. The molecule has 0 radical (unpaired) electrons. The molecule has 1 aliphatic rings. The minimum absolute atomic E-state index is 0.225. The molecule has 0 fully saturated rings. The van der Waals surface area contributed by atoms with Crippen LogP contribution in [0.15, 0.2) is 121 Å². The van der Waals surface area contributed by atoms with Crippen LogP contribution < -0.4 is 0 Å². The van der Waals surface area contributed by atoms with Gasteiger partial charge < -0.3 is 0 Å². The number of hydrogen-bond donors (Lipinski definition) is 0. The monoisotopic (exact) mass is 474 g/mol. The Balaban J connectivity index is 1.48. The molecule has 0 aliphatic heterocycles. The number of fused-ring (bicyclic) bond motifs is 4. The van der Waals surface area contributed by atoms with Gasteiger partial charge in [0.2, 0.25) is 0 Å². The van der Waals surface area contributed by atoms with Crippen molar-refractivity contribution in [3.63, 3.8) is 0 Å². The SMILES string of the molecule is CC1(C)c2cc3ccccc3cc2-c2nc(-c3ccccc3)nc(-c3ccc(-c4ccccc4)cc3)c21. The summed E-state index contributed by atoms with van der Waals surface area (Å²) in [7, 11) is 0. The average molecular weight is 475 g/mol. The predicted octanol–water partition coefficient (Wildman–Crippen LogP) is 8.94. The van der Waals surface area contributed by atoms with Crippen molar-refractivity contribution in [3.05, 3.63) is 132 Å². The van der Waals surface area contributed by atoms with Crippen molar-refractivity contribution in [3.8, 4) is 45.0 Å². The zero-order chi connectivity index (χ0) is 25.0. The van der Waals surface area contributed by atoms with Crippen molar-refractivity contribution in [2.45, 2.75) is 19.3 Å². The van der Waals surface area contributed by atoms with Crippen LogP contribution in [0.4, 0.5) is 0 Å². The molecule has 1 aromatic heterocycles. The Morgan fingerprint density at radius 3 is 1.68 bits per heavy atom. The van der Waals surface area contributed by atoms with Crippen molar-refractivity contribution in [1.29, 1.82) is 0 Å². The van der Waals surface area contributed by atoms with Gasteiger partial charge in [-0.1, -0.05) is 123 Å². The Morgan fingerprint density at radius 2 is 1.00 bits per heavy atom. The minimum Gasteiger partial charge on any atom is -0.228 e. The van der Waals surface area contributed by atoms with Crippen LogP contribution in [-0.2, 0) is 5.41 Å². The normalized spacial score (nSPS) is 13.4. The minimum atomic E-state index is -0.225. The van der Waals surface area contributed by atoms with Gasteiger partial charge in [-0.15, -0.1) is 0 Å². The van der Waals surface area contributed by atoms with E-state index in [1.807, 2.05) is 18.2 Å². The number of rotatable bonds is 3. The fourth-order valence-electron chi connectivity index (χ4n) is 5.71. The van der Waals surface area contributed by atoms with Gasteiger partial charge >= 0.3 is 0 Å². The standard InChI is InChI=1S/C35H26N2/c1-35(2)30-22-28-16-10-9-15-27(28)21-29(30)33-31(35)32(36-34(37-33)26-13-7-4-8-14-26)25-19-17-24(18-20-25)23-11-5-3-6-12-23/h3-22H,1-2H3. The summed E-state index contributed by atoms with van der Waals surface area (Å²) in [6.07, 6.45) is 0. The van der Waals surface area contributed by atoms with Crippen LogP contribution in [-0.4, -0.2) is 9.97 Å². The first-order valence-electron chi connectivity index (χ1n) is 12.8. The van der Waals surface area contributed by atoms with Crippen LogP contribution in [0.5, 0.6) is 0 Å². The molecule has 0 bridgehead atoms. The molecule has 7 rings (SSSR count). The molecule has 5 aromatic carbocycles. The Hall–Kier alpha value is -4.56. The van der Waals surface area contributed by atoms with Gasteiger partial charge in [0, 0.05) is 27.7 Å². The summed E-state index contributed by atoms with van der Waals surface area (Å²) in [5.74, 6) is 0.762. The maximum atomic E-state index is 5.22. The second-order valence-corrected chi connectivity index (χ2v) is 10.3. The molecule has 2 nitrogen and oxygen atoms in total. The van der Waals surface area contributed by atoms with Crippen LogP contribution in [0, 0.1) is 0 Å². The quantitative estimate of drug-likeness (QED) is 0.256. The number of hydrogen-bond acceptors (Lipinski definition) is 2. The topological polar surface area (TPSA) is 25.8 Å². The number of aromatic nitrogens is 2. The van der Waals surface area contributed by atoms with Crippen LogP contribution in [0.1, 0.15) is 25.0 Å². The van der Waals surface area contributed by atoms with E-state index in [0.29, 0.717) is 0 Å². The maximum Gasteiger partial charge on any atom is 0.160 e. The highest BCUT2D eigenvalue weighted by Gasteiger charge is 2.40. The molecule has 176 valence electrons. The van der Waals surface area contributed by atoms with E-state index in [2.05, 4.69) is 117 Å². The molecule has 0 unspecified atom stereocenters. The summed E-state index contributed by atoms with van der Waals surface area (Å²) in [5.41, 5.74) is 10.1. The van der Waals surface area contributed by atoms with Gasteiger partial charge in [-0.2, -0.15) is 0 Å². The van der Waals surface area contributed by atoms with Gasteiger partial charge in [0.25, 0.3) is 0 Å². The largest absolute Gasteiger partial charge is 0.228 e. The number of benzene rings is 5. The van der Waals surface area contributed by atoms with Gasteiger partial charge in [0.05, 0.1) is 11.4 Å². The molecule has 37 heavy (non-hydrogen) atoms. The predicted molar refractivity (Wildman–Crippen MR) is 153 cm³/mol. The van der Waals surface area contributed by atoms with E-state index in [1.165, 1.54) is 38.6 Å². The third kappa shape index (κ3) is 3.48. The summed E-state index contributed by atoms with van der Waals surface area (Å²) in [4.78, 5) is 10.4. The van der Waals surface area contributed by atoms with E-state index in [4.69, 9.17) is 9.97 Å². The highest BCUT2D eigenvalue weighted by molar-refractivity contribution is 5.94. The Labute approximate surface area is 217 Å². The molecule has 1 aliphatic carbocycles. The fraction of sp³-hybridized carbons (Fsp3) is 0.0857. The molecule has 0 saturated carbocycles. The highest BCUT2D eigenvalue weighted by atomic mass is 14.9. The second kappa shape index (κ2) is 8.25. The van der Waals surface area contributed by atoms with Gasteiger partial charge in [0.15, 0.2) is 5.82 Å². The van der Waals surface area contributed by atoms with Crippen molar-refractivity contribution in [1.82, 2.24) is 9.97 Å². The van der Waals surface area contributed by atoms with Crippen molar-refractivity contribution >= 4 is 10.8 Å². The third-order valence-electron chi connectivity index (χ3n) is 7.65. The van der Waals surface area contributed by atoms with E-state index in [9.17, 15) is 0 Å². The summed E-state index contributed by atoms with van der Waals surface area (Å²) >= 11 is 0. The van der Waals surface area contributed by atoms with Crippen molar-refractivity contribution in [2.75, 3.05) is 0 Å². The fourth-order valence-corrected chi connectivity index (χ4v) is 5.71. The molecule has 2 heteroatoms. The first-order valence-corrected chi connectivity index (χ1v) is 12.8. The lowest BCUT2D eigenvalue weighted by Crippen LogP contribution is -2.17. The maximum absolute atomic E-state index is 5.22. The summed E-state index contributed by atoms with van der Waals surface area (Å²) in [6.45, 7) is 4.61. The molecule has 0 N–H and O–H groups in total. The van der Waals surface area contributed by atoms with Crippen LogP contribution in [0.25, 0.3) is 55.8 Å². The lowest BCUT2D eigenvalue weighted by molar-refractivity contribution is 0.658. The van der Waals surface area contributed by atoms with Gasteiger partial charge in [-0.3, -0.25) is 0 Å². The van der Waals surface area contributed by atoms with Crippen LogP contribution >= 0.6 is 0 Å². The summed E-state index contributed by atoms with van der Waals surface area (Å²) < 4.78 is 0. The zero-order valence-corrected chi connectivity index (χ0v) is 20.9.